The average molecular weight is 273 g/mol. The Bertz CT molecular complexity index is 565. The molecule has 20 heavy (non-hydrogen) atoms. The van der Waals surface area contributed by atoms with Gasteiger partial charge in [-0.3, -0.25) is 0 Å². The van der Waals surface area contributed by atoms with Gasteiger partial charge in [-0.25, -0.2) is 0 Å². The standard InChI is InChI=1S/C15H19N3O2/c1-10-8-16-9-13(10)15-17-14(18-20-15)7-11-3-5-12(19-2)6-4-11/h3-6,10,13,16H,7-9H2,1-2H3/t10-,13-/m1/s1. The molecule has 2 heterocycles. The monoisotopic (exact) mass is 273 g/mol. The number of hydrogen-bond donors (Lipinski definition) is 1. The number of rotatable bonds is 4. The largest absolute Gasteiger partial charge is 0.497 e. The number of nitrogens with one attached hydrogen (secondary N) is 1. The average Bonchev–Trinajstić information content (AvgIpc) is 3.08. The lowest BCUT2D eigenvalue weighted by atomic mass is 9.98. The van der Waals surface area contributed by atoms with Crippen molar-refractivity contribution in [3.63, 3.8) is 0 Å². The van der Waals surface area contributed by atoms with Crippen molar-refractivity contribution in [1.29, 1.82) is 0 Å². The summed E-state index contributed by atoms with van der Waals surface area (Å²) < 4.78 is 10.6. The zero-order chi connectivity index (χ0) is 13.9. The molecule has 0 amide bonds. The van der Waals surface area contributed by atoms with Crippen molar-refractivity contribution < 1.29 is 9.26 Å². The third-order valence-electron chi connectivity index (χ3n) is 3.84. The van der Waals surface area contributed by atoms with Gasteiger partial charge in [-0.1, -0.05) is 24.2 Å². The van der Waals surface area contributed by atoms with Gasteiger partial charge in [-0.15, -0.1) is 0 Å². The molecule has 1 saturated heterocycles. The fourth-order valence-electron chi connectivity index (χ4n) is 2.56. The quantitative estimate of drug-likeness (QED) is 0.923. The zero-order valence-electron chi connectivity index (χ0n) is 11.8. The van der Waals surface area contributed by atoms with Gasteiger partial charge in [0.15, 0.2) is 5.82 Å². The Kier molecular flexibility index (Phi) is 3.69. The van der Waals surface area contributed by atoms with Gasteiger partial charge in [0.25, 0.3) is 0 Å². The maximum atomic E-state index is 5.41. The third kappa shape index (κ3) is 2.67. The van der Waals surface area contributed by atoms with Crippen LogP contribution in [0.3, 0.4) is 0 Å². The molecule has 0 spiro atoms. The molecule has 106 valence electrons. The second-order valence-electron chi connectivity index (χ2n) is 5.32. The number of aromatic nitrogens is 2. The molecule has 0 bridgehead atoms. The summed E-state index contributed by atoms with van der Waals surface area (Å²) in [6.07, 6.45) is 0.683. The molecule has 0 saturated carbocycles. The van der Waals surface area contributed by atoms with Crippen LogP contribution in [-0.4, -0.2) is 30.3 Å². The van der Waals surface area contributed by atoms with E-state index in [9.17, 15) is 0 Å². The molecule has 1 aromatic carbocycles. The molecule has 1 aromatic heterocycles. The summed E-state index contributed by atoms with van der Waals surface area (Å²) in [5.41, 5.74) is 1.15. The lowest BCUT2D eigenvalue weighted by molar-refractivity contribution is 0.337. The minimum absolute atomic E-state index is 0.340. The predicted octanol–water partition coefficient (Wildman–Crippen LogP) is 1.99. The molecule has 1 fully saturated rings. The van der Waals surface area contributed by atoms with E-state index in [2.05, 4.69) is 22.4 Å². The summed E-state index contributed by atoms with van der Waals surface area (Å²) in [6, 6.07) is 7.93. The van der Waals surface area contributed by atoms with Crippen molar-refractivity contribution in [2.75, 3.05) is 20.2 Å². The van der Waals surface area contributed by atoms with Crippen LogP contribution in [0.1, 0.15) is 30.1 Å². The van der Waals surface area contributed by atoms with E-state index < -0.39 is 0 Å². The van der Waals surface area contributed by atoms with Crippen molar-refractivity contribution in [2.24, 2.45) is 5.92 Å². The van der Waals surface area contributed by atoms with Crippen LogP contribution >= 0.6 is 0 Å². The van der Waals surface area contributed by atoms with E-state index in [0.29, 0.717) is 18.3 Å². The van der Waals surface area contributed by atoms with E-state index in [4.69, 9.17) is 9.26 Å². The highest BCUT2D eigenvalue weighted by atomic mass is 16.5. The van der Waals surface area contributed by atoms with Gasteiger partial charge in [-0.2, -0.15) is 4.98 Å². The summed E-state index contributed by atoms with van der Waals surface area (Å²) in [5.74, 6) is 3.24. The lowest BCUT2D eigenvalue weighted by Gasteiger charge is -2.07. The van der Waals surface area contributed by atoms with Gasteiger partial charge in [0.1, 0.15) is 5.75 Å². The van der Waals surface area contributed by atoms with Crippen molar-refractivity contribution in [2.45, 2.75) is 19.3 Å². The zero-order valence-corrected chi connectivity index (χ0v) is 11.8. The smallest absolute Gasteiger partial charge is 0.231 e. The normalized spacial score (nSPS) is 22.1. The number of ether oxygens (including phenoxy) is 1. The van der Waals surface area contributed by atoms with Crippen LogP contribution < -0.4 is 10.1 Å². The van der Waals surface area contributed by atoms with Gasteiger partial charge < -0.3 is 14.6 Å². The van der Waals surface area contributed by atoms with Crippen molar-refractivity contribution in [3.8, 4) is 5.75 Å². The molecule has 2 aromatic rings. The molecule has 0 aliphatic carbocycles. The summed E-state index contributed by atoms with van der Waals surface area (Å²) in [7, 11) is 1.66. The topological polar surface area (TPSA) is 60.2 Å². The fourth-order valence-corrected chi connectivity index (χ4v) is 2.56. The van der Waals surface area contributed by atoms with Gasteiger partial charge in [0.2, 0.25) is 5.89 Å². The number of nitrogens with zero attached hydrogens (tertiary/aromatic N) is 2. The molecule has 1 aliphatic heterocycles. The Morgan fingerprint density at radius 3 is 2.75 bits per heavy atom. The van der Waals surface area contributed by atoms with E-state index >= 15 is 0 Å². The second-order valence-corrected chi connectivity index (χ2v) is 5.32. The van der Waals surface area contributed by atoms with Crippen molar-refractivity contribution in [1.82, 2.24) is 15.5 Å². The Morgan fingerprint density at radius 2 is 2.10 bits per heavy atom. The van der Waals surface area contributed by atoms with E-state index in [0.717, 1.165) is 36.1 Å². The predicted molar refractivity (Wildman–Crippen MR) is 74.9 cm³/mol. The van der Waals surface area contributed by atoms with Gasteiger partial charge in [0, 0.05) is 13.0 Å². The lowest BCUT2D eigenvalue weighted by Crippen LogP contribution is -2.08. The molecule has 3 rings (SSSR count). The van der Waals surface area contributed by atoms with Gasteiger partial charge in [-0.05, 0) is 30.2 Å². The number of benzene rings is 1. The maximum Gasteiger partial charge on any atom is 0.231 e. The molecule has 0 radical (unpaired) electrons. The first kappa shape index (κ1) is 13.1. The highest BCUT2D eigenvalue weighted by Crippen LogP contribution is 2.26. The first-order valence-electron chi connectivity index (χ1n) is 6.92. The fraction of sp³-hybridized carbons (Fsp3) is 0.467. The van der Waals surface area contributed by atoms with Crippen LogP contribution in [0.4, 0.5) is 0 Å². The molecule has 2 atom stereocenters. The van der Waals surface area contributed by atoms with Crippen molar-refractivity contribution in [3.05, 3.63) is 41.5 Å². The molecular weight excluding hydrogens is 254 g/mol. The Hall–Kier alpha value is -1.88. The maximum absolute atomic E-state index is 5.41. The minimum Gasteiger partial charge on any atom is -0.497 e. The van der Waals surface area contributed by atoms with Crippen LogP contribution in [0.25, 0.3) is 0 Å². The molecule has 5 nitrogen and oxygen atoms in total. The summed E-state index contributed by atoms with van der Waals surface area (Å²) in [6.45, 7) is 4.14. The highest BCUT2D eigenvalue weighted by Gasteiger charge is 2.29. The Labute approximate surface area is 118 Å². The van der Waals surface area contributed by atoms with Crippen molar-refractivity contribution >= 4 is 0 Å². The summed E-state index contributed by atoms with van der Waals surface area (Å²) >= 11 is 0. The molecule has 1 N–H and O–H groups in total. The highest BCUT2D eigenvalue weighted by molar-refractivity contribution is 5.28. The SMILES string of the molecule is COc1ccc(Cc2noc([C@@H]3CNC[C@H]3C)n2)cc1. The van der Waals surface area contributed by atoms with Crippen LogP contribution in [0.5, 0.6) is 5.75 Å². The van der Waals surface area contributed by atoms with E-state index in [1.54, 1.807) is 7.11 Å². The van der Waals surface area contributed by atoms with Crippen LogP contribution in [0, 0.1) is 5.92 Å². The molecule has 0 unspecified atom stereocenters. The minimum atomic E-state index is 0.340. The van der Waals surface area contributed by atoms with E-state index in [1.807, 2.05) is 24.3 Å². The number of hydrogen-bond acceptors (Lipinski definition) is 5. The second kappa shape index (κ2) is 5.63. The van der Waals surface area contributed by atoms with Gasteiger partial charge in [0.05, 0.1) is 13.0 Å². The van der Waals surface area contributed by atoms with Crippen LogP contribution in [0.2, 0.25) is 0 Å². The Balaban J connectivity index is 1.70. The molecule has 5 heteroatoms. The third-order valence-corrected chi connectivity index (χ3v) is 3.84. The van der Waals surface area contributed by atoms with Crippen LogP contribution in [-0.2, 0) is 6.42 Å². The molecule has 1 aliphatic rings. The first-order chi connectivity index (χ1) is 9.76. The summed E-state index contributed by atoms with van der Waals surface area (Å²) in [4.78, 5) is 4.53. The Morgan fingerprint density at radius 1 is 1.30 bits per heavy atom. The molecular formula is C15H19N3O2. The van der Waals surface area contributed by atoms with E-state index in [1.165, 1.54) is 0 Å². The number of methoxy groups -OCH3 is 1. The van der Waals surface area contributed by atoms with Crippen LogP contribution in [0.15, 0.2) is 28.8 Å². The first-order valence-corrected chi connectivity index (χ1v) is 6.92. The van der Waals surface area contributed by atoms with Gasteiger partial charge >= 0.3 is 0 Å². The summed E-state index contributed by atoms with van der Waals surface area (Å²) in [5, 5.41) is 7.44. The van der Waals surface area contributed by atoms with E-state index in [-0.39, 0.29) is 0 Å².